The van der Waals surface area contributed by atoms with E-state index in [2.05, 4.69) is 9.71 Å². The number of rotatable bonds is 9. The fraction of sp³-hybridized carbons (Fsp3) is 0.333. The number of likely N-dealkylation sites (tertiary alicyclic amines) is 1. The summed E-state index contributed by atoms with van der Waals surface area (Å²) in [5.41, 5.74) is 0.971. The highest BCUT2D eigenvalue weighted by Crippen LogP contribution is 2.40. The lowest BCUT2D eigenvalue weighted by Gasteiger charge is -2.51. The van der Waals surface area contributed by atoms with Crippen LogP contribution in [-0.4, -0.2) is 61.2 Å². The molecule has 1 aliphatic rings. The fourth-order valence-electron chi connectivity index (χ4n) is 4.25. The number of alkyl halides is 3. The molecule has 0 aliphatic carbocycles. The van der Waals surface area contributed by atoms with Crippen LogP contribution in [0, 0.1) is 0 Å². The lowest BCUT2D eigenvalue weighted by atomic mass is 9.69. The first kappa shape index (κ1) is 25.7. The molecule has 8 nitrogen and oxygen atoms in total. The molecule has 2 heterocycles. The van der Waals surface area contributed by atoms with Gasteiger partial charge in [0.25, 0.3) is 10.0 Å². The zero-order valence-corrected chi connectivity index (χ0v) is 20.2. The van der Waals surface area contributed by atoms with E-state index < -0.39 is 27.5 Å². The van der Waals surface area contributed by atoms with Crippen LogP contribution in [0.15, 0.2) is 72.1 Å². The van der Waals surface area contributed by atoms with Gasteiger partial charge in [-0.15, -0.1) is 0 Å². The van der Waals surface area contributed by atoms with Gasteiger partial charge in [0.2, 0.25) is 0 Å². The minimum atomic E-state index is -4.92. The number of hydrogen-bond acceptors (Lipinski definition) is 5. The largest absolute Gasteiger partial charge is 0.492 e. The molecule has 2 aromatic carbocycles. The molecule has 12 heteroatoms. The Kier molecular flexibility index (Phi) is 7.10. The van der Waals surface area contributed by atoms with Crippen LogP contribution in [0.3, 0.4) is 0 Å². The molecule has 0 spiro atoms. The molecular formula is C24H25F3N4O4S. The van der Waals surface area contributed by atoms with Gasteiger partial charge in [-0.3, -0.25) is 4.79 Å². The third-order valence-electron chi connectivity index (χ3n) is 5.97. The summed E-state index contributed by atoms with van der Waals surface area (Å²) in [6, 6.07) is 16.3. The summed E-state index contributed by atoms with van der Waals surface area (Å²) in [6.45, 7) is -0.132. The van der Waals surface area contributed by atoms with E-state index in [-0.39, 0.29) is 31.3 Å². The molecule has 1 fully saturated rings. The molecule has 3 aromatic rings. The number of carbonyl (C=O) groups excluding carboxylic acids is 1. The maximum atomic E-state index is 13.0. The zero-order valence-electron chi connectivity index (χ0n) is 19.4. The number of carbonyl (C=O) groups is 1. The van der Waals surface area contributed by atoms with E-state index in [1.807, 2.05) is 30.3 Å². The van der Waals surface area contributed by atoms with Gasteiger partial charge >= 0.3 is 12.1 Å². The summed E-state index contributed by atoms with van der Waals surface area (Å²) >= 11 is 0. The molecule has 1 saturated heterocycles. The number of halogens is 3. The number of hydrogen-bond donors (Lipinski definition) is 1. The summed E-state index contributed by atoms with van der Waals surface area (Å²) in [5.74, 6) is -1.41. The Morgan fingerprint density at radius 1 is 1.14 bits per heavy atom. The summed E-state index contributed by atoms with van der Waals surface area (Å²) in [7, 11) is -2.11. The van der Waals surface area contributed by atoms with Crippen LogP contribution in [0.5, 0.6) is 5.75 Å². The van der Waals surface area contributed by atoms with Gasteiger partial charge in [0.05, 0.1) is 6.33 Å². The maximum Gasteiger partial charge on any atom is 0.471 e. The third kappa shape index (κ3) is 5.71. The second-order valence-electron chi connectivity index (χ2n) is 8.75. The first-order valence-electron chi connectivity index (χ1n) is 11.1. The van der Waals surface area contributed by atoms with Gasteiger partial charge in [-0.2, -0.15) is 13.2 Å². The van der Waals surface area contributed by atoms with E-state index in [1.165, 1.54) is 17.1 Å². The van der Waals surface area contributed by atoms with Crippen molar-refractivity contribution in [1.29, 1.82) is 0 Å². The minimum Gasteiger partial charge on any atom is -0.492 e. The highest BCUT2D eigenvalue weighted by Gasteiger charge is 2.53. The zero-order chi connectivity index (χ0) is 26.0. The van der Waals surface area contributed by atoms with Crippen molar-refractivity contribution < 1.29 is 31.1 Å². The molecule has 1 aromatic heterocycles. The Balaban J connectivity index is 1.44. The van der Waals surface area contributed by atoms with Crippen molar-refractivity contribution in [2.24, 2.45) is 7.05 Å². The Hall–Kier alpha value is -3.38. The molecule has 36 heavy (non-hydrogen) atoms. The van der Waals surface area contributed by atoms with Gasteiger partial charge in [-0.1, -0.05) is 42.5 Å². The quantitative estimate of drug-likeness (QED) is 0.436. The van der Waals surface area contributed by atoms with Gasteiger partial charge < -0.3 is 14.2 Å². The number of nitrogens with zero attached hydrogens (tertiary/aromatic N) is 3. The van der Waals surface area contributed by atoms with E-state index in [0.29, 0.717) is 12.2 Å². The average Bonchev–Trinajstić information content (AvgIpc) is 3.26. The van der Waals surface area contributed by atoms with E-state index in [4.69, 9.17) is 4.74 Å². The minimum absolute atomic E-state index is 0.00778. The van der Waals surface area contributed by atoms with Crippen LogP contribution >= 0.6 is 0 Å². The van der Waals surface area contributed by atoms with Gasteiger partial charge in [-0.25, -0.2) is 18.1 Å². The van der Waals surface area contributed by atoms with Gasteiger partial charge in [-0.05, 0) is 29.7 Å². The molecule has 4 rings (SSSR count). The van der Waals surface area contributed by atoms with Crippen molar-refractivity contribution in [1.82, 2.24) is 19.2 Å². The number of ether oxygens (including phenoxy) is 1. The summed E-state index contributed by atoms with van der Waals surface area (Å²) in [6.07, 6.45) is -1.72. The molecule has 0 bridgehead atoms. The molecular weight excluding hydrogens is 497 g/mol. The van der Waals surface area contributed by atoms with Crippen LogP contribution in [0.4, 0.5) is 13.2 Å². The van der Waals surface area contributed by atoms with Crippen molar-refractivity contribution >= 4 is 15.9 Å². The van der Waals surface area contributed by atoms with Crippen LogP contribution in [-0.2, 0) is 33.7 Å². The number of aromatic nitrogens is 2. The fourth-order valence-corrected chi connectivity index (χ4v) is 5.24. The number of aryl methyl sites for hydroxylation is 1. The maximum absolute atomic E-state index is 13.0. The number of imidazole rings is 1. The summed E-state index contributed by atoms with van der Waals surface area (Å²) < 4.78 is 73.1. The SMILES string of the molecule is Cn1cnc(S(=O)(=O)NCCOc2cccc(C3(Cc4ccccc4)CN(C(=O)C(F)(F)F)C3)c2)c1. The molecule has 1 aliphatic heterocycles. The average molecular weight is 523 g/mol. The van der Waals surface area contributed by atoms with Crippen molar-refractivity contribution in [3.63, 3.8) is 0 Å². The molecule has 0 saturated carbocycles. The molecule has 192 valence electrons. The Morgan fingerprint density at radius 2 is 1.86 bits per heavy atom. The van der Waals surface area contributed by atoms with Gasteiger partial charge in [0, 0.05) is 38.3 Å². The number of benzene rings is 2. The third-order valence-corrected chi connectivity index (χ3v) is 7.31. The first-order valence-corrected chi connectivity index (χ1v) is 12.6. The van der Waals surface area contributed by atoms with Crippen LogP contribution in [0.25, 0.3) is 0 Å². The number of sulfonamides is 1. The van der Waals surface area contributed by atoms with Crippen molar-refractivity contribution in [3.8, 4) is 5.75 Å². The Bertz CT molecular complexity index is 1320. The van der Waals surface area contributed by atoms with Crippen molar-refractivity contribution in [2.75, 3.05) is 26.2 Å². The standard InChI is InChI=1S/C24H25F3N4O4S/c1-30-14-21(28-17-30)36(33,34)29-10-11-35-20-9-5-8-19(12-20)23(13-18-6-3-2-4-7-18)15-31(16-23)22(32)24(25,26)27/h2-9,12,14,17,29H,10-11,13,15-16H2,1H3. The summed E-state index contributed by atoms with van der Waals surface area (Å²) in [5, 5.41) is -0.0993. The highest BCUT2D eigenvalue weighted by molar-refractivity contribution is 7.89. The number of nitrogens with one attached hydrogen (secondary N) is 1. The molecule has 1 amide bonds. The first-order chi connectivity index (χ1) is 17.0. The van der Waals surface area contributed by atoms with Crippen LogP contribution in [0.1, 0.15) is 11.1 Å². The van der Waals surface area contributed by atoms with Crippen molar-refractivity contribution in [3.05, 3.63) is 78.2 Å². The van der Waals surface area contributed by atoms with E-state index in [0.717, 1.165) is 16.0 Å². The Labute approximate surface area is 206 Å². The summed E-state index contributed by atoms with van der Waals surface area (Å²) in [4.78, 5) is 16.4. The van der Waals surface area contributed by atoms with Crippen molar-refractivity contribution in [2.45, 2.75) is 23.0 Å². The van der Waals surface area contributed by atoms with Gasteiger partial charge in [0.1, 0.15) is 12.4 Å². The monoisotopic (exact) mass is 522 g/mol. The highest BCUT2D eigenvalue weighted by atomic mass is 32.2. The van der Waals surface area contributed by atoms with Gasteiger partial charge in [0.15, 0.2) is 5.03 Å². The van der Waals surface area contributed by atoms with E-state index in [1.54, 1.807) is 31.3 Å². The second-order valence-corrected chi connectivity index (χ2v) is 10.5. The van der Waals surface area contributed by atoms with Crippen LogP contribution in [0.2, 0.25) is 0 Å². The predicted octanol–water partition coefficient (Wildman–Crippen LogP) is 2.66. The lowest BCUT2D eigenvalue weighted by Crippen LogP contribution is -2.64. The van der Waals surface area contributed by atoms with E-state index in [9.17, 15) is 26.4 Å². The molecule has 1 N–H and O–H groups in total. The van der Waals surface area contributed by atoms with Crippen LogP contribution < -0.4 is 9.46 Å². The topological polar surface area (TPSA) is 93.5 Å². The Morgan fingerprint density at radius 3 is 2.50 bits per heavy atom. The van der Waals surface area contributed by atoms with E-state index >= 15 is 0 Å². The molecule has 0 radical (unpaired) electrons. The number of amides is 1. The predicted molar refractivity (Wildman–Crippen MR) is 125 cm³/mol. The molecule has 0 atom stereocenters. The molecule has 0 unspecified atom stereocenters. The normalized spacial score (nSPS) is 15.4. The lowest BCUT2D eigenvalue weighted by molar-refractivity contribution is -0.192. The second kappa shape index (κ2) is 9.94. The smallest absolute Gasteiger partial charge is 0.471 e.